The Balaban J connectivity index is 2.37. The van der Waals surface area contributed by atoms with Crippen LogP contribution in [0.2, 0.25) is 0 Å². The van der Waals surface area contributed by atoms with Crippen molar-refractivity contribution in [3.05, 3.63) is 58.3 Å². The lowest BCUT2D eigenvalue weighted by atomic mass is 10.2. The standard InChI is InChI=1S/C15H9F6NOS/c16-14(17,18)9-3-1-4-10(7-9)22-11(12-5-2-6-24-12)8-13(23)15(19,20)21/h1-8,22H/b11-8+. The molecule has 0 amide bonds. The molecule has 1 aromatic carbocycles. The van der Waals surface area contributed by atoms with Gasteiger partial charge in [0.2, 0.25) is 0 Å². The predicted molar refractivity (Wildman–Crippen MR) is 78.4 cm³/mol. The van der Waals surface area contributed by atoms with Gasteiger partial charge >= 0.3 is 12.4 Å². The first-order valence-corrected chi connectivity index (χ1v) is 7.26. The van der Waals surface area contributed by atoms with Crippen LogP contribution < -0.4 is 5.32 Å². The molecule has 0 atom stereocenters. The number of hydrogen-bond acceptors (Lipinski definition) is 3. The molecule has 128 valence electrons. The molecule has 9 heteroatoms. The third-order valence-corrected chi connectivity index (χ3v) is 3.71. The van der Waals surface area contributed by atoms with Gasteiger partial charge in [-0.25, -0.2) is 0 Å². The average Bonchev–Trinajstić information content (AvgIpc) is 2.99. The van der Waals surface area contributed by atoms with Crippen molar-refractivity contribution in [2.45, 2.75) is 12.4 Å². The number of halogens is 6. The molecule has 0 aliphatic carbocycles. The fourth-order valence-electron chi connectivity index (χ4n) is 1.74. The molecular formula is C15H9F6NOS. The Labute approximate surface area is 136 Å². The monoisotopic (exact) mass is 365 g/mol. The molecule has 0 unspecified atom stereocenters. The minimum absolute atomic E-state index is 0.0838. The number of benzene rings is 1. The van der Waals surface area contributed by atoms with Crippen LogP contribution in [0.25, 0.3) is 5.70 Å². The summed E-state index contributed by atoms with van der Waals surface area (Å²) in [5.41, 5.74) is -1.27. The summed E-state index contributed by atoms with van der Waals surface area (Å²) in [7, 11) is 0. The van der Waals surface area contributed by atoms with Crippen molar-refractivity contribution in [2.75, 3.05) is 5.32 Å². The molecule has 1 aromatic heterocycles. The minimum atomic E-state index is -5.07. The van der Waals surface area contributed by atoms with Crippen molar-refractivity contribution in [1.29, 1.82) is 0 Å². The van der Waals surface area contributed by atoms with Crippen LogP contribution in [-0.2, 0) is 11.0 Å². The SMILES string of the molecule is O=C(/C=C(/Nc1cccc(C(F)(F)F)c1)c1cccs1)C(F)(F)F. The summed E-state index contributed by atoms with van der Waals surface area (Å²) in [6.07, 6.45) is -9.34. The zero-order valence-electron chi connectivity index (χ0n) is 11.7. The van der Waals surface area contributed by atoms with Crippen molar-refractivity contribution in [2.24, 2.45) is 0 Å². The highest BCUT2D eigenvalue weighted by molar-refractivity contribution is 7.11. The summed E-state index contributed by atoms with van der Waals surface area (Å²) in [5, 5.41) is 4.01. The van der Waals surface area contributed by atoms with Crippen LogP contribution in [0.1, 0.15) is 10.4 Å². The largest absolute Gasteiger partial charge is 0.454 e. The lowest BCUT2D eigenvalue weighted by Gasteiger charge is -2.13. The summed E-state index contributed by atoms with van der Waals surface area (Å²) in [6, 6.07) is 6.94. The molecule has 2 rings (SSSR count). The third kappa shape index (κ3) is 4.60. The van der Waals surface area contributed by atoms with Crippen LogP contribution in [0, 0.1) is 0 Å². The van der Waals surface area contributed by atoms with Gasteiger partial charge in [0.1, 0.15) is 0 Å². The number of hydrogen-bond donors (Lipinski definition) is 1. The maximum Gasteiger partial charge on any atom is 0.454 e. The molecule has 0 bridgehead atoms. The van der Waals surface area contributed by atoms with Gasteiger partial charge in [-0.05, 0) is 29.6 Å². The van der Waals surface area contributed by atoms with Crippen LogP contribution in [0.15, 0.2) is 47.9 Å². The van der Waals surface area contributed by atoms with Gasteiger partial charge in [-0.2, -0.15) is 26.3 Å². The summed E-state index contributed by atoms with van der Waals surface area (Å²) in [5.74, 6) is -2.11. The molecule has 0 saturated carbocycles. The first kappa shape index (κ1) is 18.1. The predicted octanol–water partition coefficient (Wildman–Crippen LogP) is 5.35. The van der Waals surface area contributed by atoms with Crippen LogP contribution in [0.3, 0.4) is 0 Å². The quantitative estimate of drug-likeness (QED) is 0.584. The number of rotatable bonds is 4. The second-order valence-corrected chi connectivity index (χ2v) is 5.55. The normalized spacial score (nSPS) is 13.0. The molecule has 0 aliphatic heterocycles. The van der Waals surface area contributed by atoms with E-state index in [1.807, 2.05) is 0 Å². The maximum absolute atomic E-state index is 12.7. The lowest BCUT2D eigenvalue weighted by molar-refractivity contribution is -0.165. The fraction of sp³-hybridized carbons (Fsp3) is 0.133. The molecular weight excluding hydrogens is 356 g/mol. The molecule has 1 N–H and O–H groups in total. The van der Waals surface area contributed by atoms with Crippen molar-refractivity contribution < 1.29 is 31.1 Å². The Morgan fingerprint density at radius 2 is 1.75 bits per heavy atom. The Morgan fingerprint density at radius 3 is 2.29 bits per heavy atom. The van der Waals surface area contributed by atoms with Gasteiger partial charge in [0.05, 0.1) is 16.1 Å². The summed E-state index contributed by atoms with van der Waals surface area (Å²) >= 11 is 1.04. The zero-order valence-corrected chi connectivity index (χ0v) is 12.5. The second-order valence-electron chi connectivity index (χ2n) is 4.60. The molecule has 0 spiro atoms. The highest BCUT2D eigenvalue weighted by Gasteiger charge is 2.37. The van der Waals surface area contributed by atoms with E-state index < -0.39 is 23.7 Å². The van der Waals surface area contributed by atoms with Gasteiger partial charge in [0, 0.05) is 11.8 Å². The highest BCUT2D eigenvalue weighted by Crippen LogP contribution is 2.32. The summed E-state index contributed by atoms with van der Waals surface area (Å²) < 4.78 is 75.4. The summed E-state index contributed by atoms with van der Waals surface area (Å²) in [6.45, 7) is 0. The van der Waals surface area contributed by atoms with Crippen molar-refractivity contribution in [1.82, 2.24) is 0 Å². The molecule has 0 fully saturated rings. The second kappa shape index (κ2) is 6.68. The van der Waals surface area contributed by atoms with Gasteiger partial charge in [0.25, 0.3) is 5.78 Å². The smallest absolute Gasteiger partial charge is 0.354 e. The van der Waals surface area contributed by atoms with E-state index in [9.17, 15) is 31.1 Å². The first-order chi connectivity index (χ1) is 11.1. The Hall–Kier alpha value is -2.29. The molecule has 2 nitrogen and oxygen atoms in total. The van der Waals surface area contributed by atoms with Crippen LogP contribution in [0.5, 0.6) is 0 Å². The van der Waals surface area contributed by atoms with E-state index in [4.69, 9.17) is 0 Å². The number of alkyl halides is 6. The molecule has 0 saturated heterocycles. The van der Waals surface area contributed by atoms with Gasteiger partial charge in [-0.1, -0.05) is 12.1 Å². The number of ketones is 1. The maximum atomic E-state index is 12.7. The number of anilines is 1. The summed E-state index contributed by atoms with van der Waals surface area (Å²) in [4.78, 5) is 11.5. The highest BCUT2D eigenvalue weighted by atomic mass is 32.1. The van der Waals surface area contributed by atoms with Crippen LogP contribution >= 0.6 is 11.3 Å². The Morgan fingerprint density at radius 1 is 1.04 bits per heavy atom. The molecule has 0 aliphatic rings. The fourth-order valence-corrected chi connectivity index (χ4v) is 2.44. The minimum Gasteiger partial charge on any atom is -0.354 e. The van der Waals surface area contributed by atoms with E-state index in [2.05, 4.69) is 5.32 Å². The van der Waals surface area contributed by atoms with Gasteiger partial charge in [-0.15, -0.1) is 11.3 Å². The third-order valence-electron chi connectivity index (χ3n) is 2.81. The molecule has 2 aromatic rings. The first-order valence-electron chi connectivity index (χ1n) is 6.38. The van der Waals surface area contributed by atoms with E-state index >= 15 is 0 Å². The number of carbonyl (C=O) groups is 1. The molecule has 1 heterocycles. The lowest BCUT2D eigenvalue weighted by Crippen LogP contribution is -2.21. The zero-order chi connectivity index (χ0) is 18.0. The van der Waals surface area contributed by atoms with Gasteiger partial charge in [0.15, 0.2) is 0 Å². The van der Waals surface area contributed by atoms with E-state index in [0.717, 1.165) is 29.5 Å². The Bertz CT molecular complexity index is 746. The van der Waals surface area contributed by atoms with E-state index in [-0.39, 0.29) is 16.3 Å². The molecule has 24 heavy (non-hydrogen) atoms. The Kier molecular flexibility index (Phi) is 5.02. The number of allylic oxidation sites excluding steroid dienone is 1. The van der Waals surface area contributed by atoms with Gasteiger partial charge in [-0.3, -0.25) is 4.79 Å². The molecule has 0 radical (unpaired) electrons. The van der Waals surface area contributed by atoms with Crippen molar-refractivity contribution in [3.63, 3.8) is 0 Å². The van der Waals surface area contributed by atoms with Crippen LogP contribution in [-0.4, -0.2) is 12.0 Å². The number of nitrogens with one attached hydrogen (secondary N) is 1. The topological polar surface area (TPSA) is 29.1 Å². The number of carbonyl (C=O) groups excluding carboxylic acids is 1. The van der Waals surface area contributed by atoms with E-state index in [1.54, 1.807) is 11.4 Å². The average molecular weight is 365 g/mol. The van der Waals surface area contributed by atoms with Crippen molar-refractivity contribution >= 4 is 28.5 Å². The van der Waals surface area contributed by atoms with Gasteiger partial charge < -0.3 is 5.32 Å². The van der Waals surface area contributed by atoms with Crippen LogP contribution in [0.4, 0.5) is 32.0 Å². The van der Waals surface area contributed by atoms with E-state index in [0.29, 0.717) is 6.08 Å². The van der Waals surface area contributed by atoms with E-state index in [1.165, 1.54) is 12.1 Å². The van der Waals surface area contributed by atoms with Crippen molar-refractivity contribution in [3.8, 4) is 0 Å². The number of thiophene rings is 1.